The lowest BCUT2D eigenvalue weighted by molar-refractivity contribution is 0.0696. The van der Waals surface area contributed by atoms with Crippen LogP contribution in [0.15, 0.2) is 12.1 Å². The van der Waals surface area contributed by atoms with Crippen molar-refractivity contribution in [2.45, 2.75) is 12.8 Å². The number of anilines is 1. The number of hydrogen-bond acceptors (Lipinski definition) is 2. The van der Waals surface area contributed by atoms with Gasteiger partial charge in [0.05, 0.1) is 5.56 Å². The molecule has 0 saturated heterocycles. The fourth-order valence-electron chi connectivity index (χ4n) is 1.43. The molecule has 2 N–H and O–H groups in total. The van der Waals surface area contributed by atoms with Crippen molar-refractivity contribution in [1.82, 2.24) is 0 Å². The molecule has 0 atom stereocenters. The molecule has 0 amide bonds. The van der Waals surface area contributed by atoms with E-state index in [0.717, 1.165) is 25.0 Å². The molecule has 0 unspecified atom stereocenters. The second-order valence-electron chi connectivity index (χ2n) is 3.94. The lowest BCUT2D eigenvalue weighted by atomic mass is 10.2. The molecular formula is C11H11F2NO2. The van der Waals surface area contributed by atoms with Crippen LogP contribution < -0.4 is 5.32 Å². The topological polar surface area (TPSA) is 49.3 Å². The summed E-state index contributed by atoms with van der Waals surface area (Å²) in [7, 11) is 0. The summed E-state index contributed by atoms with van der Waals surface area (Å²) in [6, 6.07) is 1.64. The molecule has 1 aliphatic rings. The van der Waals surface area contributed by atoms with Crippen molar-refractivity contribution < 1.29 is 18.7 Å². The minimum atomic E-state index is -1.34. The van der Waals surface area contributed by atoms with E-state index >= 15 is 0 Å². The number of benzene rings is 1. The third-order valence-electron chi connectivity index (χ3n) is 2.55. The molecule has 1 aliphatic carbocycles. The van der Waals surface area contributed by atoms with Gasteiger partial charge in [0.2, 0.25) is 0 Å². The quantitative estimate of drug-likeness (QED) is 0.830. The minimum Gasteiger partial charge on any atom is -0.478 e. The van der Waals surface area contributed by atoms with Gasteiger partial charge >= 0.3 is 5.97 Å². The number of rotatable bonds is 4. The van der Waals surface area contributed by atoms with Crippen LogP contribution in [0.5, 0.6) is 0 Å². The van der Waals surface area contributed by atoms with Crippen LogP contribution in [0.4, 0.5) is 14.5 Å². The molecule has 1 aromatic carbocycles. The summed E-state index contributed by atoms with van der Waals surface area (Å²) in [5, 5.41) is 11.3. The Hall–Kier alpha value is -1.65. The monoisotopic (exact) mass is 227 g/mol. The lowest BCUT2D eigenvalue weighted by Crippen LogP contribution is -2.09. The van der Waals surface area contributed by atoms with E-state index in [4.69, 9.17) is 5.11 Å². The summed E-state index contributed by atoms with van der Waals surface area (Å²) >= 11 is 0. The van der Waals surface area contributed by atoms with Crippen molar-refractivity contribution in [2.24, 2.45) is 5.92 Å². The van der Waals surface area contributed by atoms with Crippen molar-refractivity contribution in [1.29, 1.82) is 0 Å². The standard InChI is InChI=1S/C11H11F2NO2/c12-8-3-7(11(15)16)4-9(13)10(8)14-5-6-1-2-6/h3-4,6,14H,1-2,5H2,(H,15,16). The first kappa shape index (κ1) is 10.9. The van der Waals surface area contributed by atoms with Crippen LogP contribution in [0.25, 0.3) is 0 Å². The van der Waals surface area contributed by atoms with Crippen molar-refractivity contribution in [2.75, 3.05) is 11.9 Å². The van der Waals surface area contributed by atoms with Gasteiger partial charge in [-0.25, -0.2) is 13.6 Å². The van der Waals surface area contributed by atoms with Crippen LogP contribution in [0.3, 0.4) is 0 Å². The Labute approximate surface area is 91.1 Å². The summed E-state index contributed by atoms with van der Waals surface area (Å²) in [5.41, 5.74) is -0.621. The summed E-state index contributed by atoms with van der Waals surface area (Å²) < 4.78 is 26.8. The number of carbonyl (C=O) groups is 1. The third-order valence-corrected chi connectivity index (χ3v) is 2.55. The highest BCUT2D eigenvalue weighted by Gasteiger charge is 2.22. The third kappa shape index (κ3) is 2.29. The highest BCUT2D eigenvalue weighted by Crippen LogP contribution is 2.30. The summed E-state index contributed by atoms with van der Waals surface area (Å²) in [5.74, 6) is -2.58. The maximum atomic E-state index is 13.4. The Morgan fingerprint density at radius 1 is 1.38 bits per heavy atom. The van der Waals surface area contributed by atoms with E-state index in [1.165, 1.54) is 0 Å². The molecule has 0 heterocycles. The smallest absolute Gasteiger partial charge is 0.335 e. The van der Waals surface area contributed by atoms with E-state index in [1.807, 2.05) is 0 Å². The molecule has 1 saturated carbocycles. The van der Waals surface area contributed by atoms with Crippen LogP contribution in [-0.4, -0.2) is 17.6 Å². The Balaban J connectivity index is 2.19. The van der Waals surface area contributed by atoms with Crippen LogP contribution >= 0.6 is 0 Å². The SMILES string of the molecule is O=C(O)c1cc(F)c(NCC2CC2)c(F)c1. The van der Waals surface area contributed by atoms with E-state index in [1.54, 1.807) is 0 Å². The van der Waals surface area contributed by atoms with Crippen LogP contribution in [0.1, 0.15) is 23.2 Å². The van der Waals surface area contributed by atoms with Crippen molar-refractivity contribution in [3.63, 3.8) is 0 Å². The number of aromatic carboxylic acids is 1. The number of halogens is 2. The number of nitrogens with one attached hydrogen (secondary N) is 1. The first-order chi connectivity index (χ1) is 7.58. The van der Waals surface area contributed by atoms with Crippen molar-refractivity contribution in [3.05, 3.63) is 29.3 Å². The van der Waals surface area contributed by atoms with Gasteiger partial charge in [-0.1, -0.05) is 0 Å². The van der Waals surface area contributed by atoms with Crippen LogP contribution in [0, 0.1) is 17.6 Å². The Kier molecular flexibility index (Phi) is 2.77. The van der Waals surface area contributed by atoms with Gasteiger partial charge in [0, 0.05) is 6.54 Å². The van der Waals surface area contributed by atoms with E-state index in [0.29, 0.717) is 12.5 Å². The van der Waals surface area contributed by atoms with Crippen molar-refractivity contribution >= 4 is 11.7 Å². The van der Waals surface area contributed by atoms with E-state index in [2.05, 4.69) is 5.32 Å². The van der Waals surface area contributed by atoms with Gasteiger partial charge in [-0.15, -0.1) is 0 Å². The summed E-state index contributed by atoms with van der Waals surface area (Å²) in [6.07, 6.45) is 2.15. The van der Waals surface area contributed by atoms with Crippen LogP contribution in [-0.2, 0) is 0 Å². The molecule has 3 nitrogen and oxygen atoms in total. The summed E-state index contributed by atoms with van der Waals surface area (Å²) in [6.45, 7) is 0.528. The van der Waals surface area contributed by atoms with Gasteiger partial charge in [0.15, 0.2) is 0 Å². The number of carboxylic acid groups (broad SMARTS) is 1. The van der Waals surface area contributed by atoms with Crippen molar-refractivity contribution in [3.8, 4) is 0 Å². The molecule has 0 aromatic heterocycles. The van der Waals surface area contributed by atoms with Gasteiger partial charge in [0.1, 0.15) is 17.3 Å². The maximum absolute atomic E-state index is 13.4. The van der Waals surface area contributed by atoms with E-state index in [-0.39, 0.29) is 11.3 Å². The van der Waals surface area contributed by atoms with Gasteiger partial charge in [-0.2, -0.15) is 0 Å². The minimum absolute atomic E-state index is 0.239. The summed E-state index contributed by atoms with van der Waals surface area (Å²) in [4.78, 5) is 10.5. The molecule has 16 heavy (non-hydrogen) atoms. The Bertz CT molecular complexity index is 407. The van der Waals surface area contributed by atoms with Gasteiger partial charge < -0.3 is 10.4 Å². The average molecular weight is 227 g/mol. The van der Waals surface area contributed by atoms with E-state index < -0.39 is 17.6 Å². The average Bonchev–Trinajstić information content (AvgIpc) is 2.99. The molecule has 1 fully saturated rings. The molecule has 0 aliphatic heterocycles. The fraction of sp³-hybridized carbons (Fsp3) is 0.364. The van der Waals surface area contributed by atoms with Crippen LogP contribution in [0.2, 0.25) is 0 Å². The van der Waals surface area contributed by atoms with E-state index in [9.17, 15) is 13.6 Å². The first-order valence-corrected chi connectivity index (χ1v) is 5.04. The molecule has 0 radical (unpaired) electrons. The zero-order chi connectivity index (χ0) is 11.7. The van der Waals surface area contributed by atoms with Gasteiger partial charge in [0.25, 0.3) is 0 Å². The second kappa shape index (κ2) is 4.08. The van der Waals surface area contributed by atoms with Gasteiger partial charge in [-0.3, -0.25) is 0 Å². The normalized spacial score (nSPS) is 14.9. The lowest BCUT2D eigenvalue weighted by Gasteiger charge is -2.08. The molecule has 2 rings (SSSR count). The number of hydrogen-bond donors (Lipinski definition) is 2. The predicted molar refractivity (Wildman–Crippen MR) is 54.5 cm³/mol. The predicted octanol–water partition coefficient (Wildman–Crippen LogP) is 2.48. The zero-order valence-corrected chi connectivity index (χ0v) is 8.46. The second-order valence-corrected chi connectivity index (χ2v) is 3.94. The molecule has 5 heteroatoms. The Morgan fingerprint density at radius 3 is 2.38 bits per heavy atom. The maximum Gasteiger partial charge on any atom is 0.335 e. The Morgan fingerprint density at radius 2 is 1.94 bits per heavy atom. The molecular weight excluding hydrogens is 216 g/mol. The zero-order valence-electron chi connectivity index (χ0n) is 8.46. The van der Waals surface area contributed by atoms with Gasteiger partial charge in [-0.05, 0) is 30.9 Å². The highest BCUT2D eigenvalue weighted by molar-refractivity contribution is 5.88. The number of carboxylic acids is 1. The highest BCUT2D eigenvalue weighted by atomic mass is 19.1. The fourth-order valence-corrected chi connectivity index (χ4v) is 1.43. The molecule has 1 aromatic rings. The largest absolute Gasteiger partial charge is 0.478 e. The first-order valence-electron chi connectivity index (χ1n) is 5.04. The molecule has 86 valence electrons. The molecule has 0 bridgehead atoms. The molecule has 0 spiro atoms.